The van der Waals surface area contributed by atoms with Gasteiger partial charge in [0.25, 0.3) is 0 Å². The molecule has 0 saturated carbocycles. The minimum atomic E-state index is -4.43. The lowest BCUT2D eigenvalue weighted by atomic mass is 10.2. The monoisotopic (exact) mass is 453 g/mol. The van der Waals surface area contributed by atoms with Crippen LogP contribution in [0.15, 0.2) is 53.3 Å². The summed E-state index contributed by atoms with van der Waals surface area (Å²) in [6.07, 6.45) is -1.16. The second kappa shape index (κ2) is 8.53. The van der Waals surface area contributed by atoms with E-state index in [9.17, 15) is 13.2 Å². The lowest BCUT2D eigenvalue weighted by Gasteiger charge is -2.13. The summed E-state index contributed by atoms with van der Waals surface area (Å²) < 4.78 is 38.8. The zero-order valence-corrected chi connectivity index (χ0v) is 15.9. The number of alkyl halides is 3. The van der Waals surface area contributed by atoms with Crippen LogP contribution in [0.5, 0.6) is 0 Å². The molecule has 0 atom stereocenters. The summed E-state index contributed by atoms with van der Waals surface area (Å²) in [4.78, 5) is 12.7. The van der Waals surface area contributed by atoms with Crippen LogP contribution in [0.2, 0.25) is 0 Å². The van der Waals surface area contributed by atoms with Crippen molar-refractivity contribution < 1.29 is 18.3 Å². The van der Waals surface area contributed by atoms with Crippen molar-refractivity contribution >= 4 is 33.4 Å². The molecule has 3 rings (SSSR count). The molecule has 0 fully saturated rings. The fraction of sp³-hybridized carbons (Fsp3) is 0.167. The van der Waals surface area contributed by atoms with Gasteiger partial charge in [0.1, 0.15) is 5.82 Å². The molecule has 6 nitrogen and oxygen atoms in total. The number of aliphatic hydroxyl groups excluding tert-OH is 1. The van der Waals surface area contributed by atoms with E-state index < -0.39 is 11.7 Å². The smallest absolute Gasteiger partial charge is 0.395 e. The van der Waals surface area contributed by atoms with Crippen molar-refractivity contribution in [3.63, 3.8) is 0 Å². The quantitative estimate of drug-likeness (QED) is 0.510. The maximum Gasteiger partial charge on any atom is 0.416 e. The first kappa shape index (κ1) is 20.0. The molecular weight excluding hydrogens is 439 g/mol. The Balaban J connectivity index is 1.95. The standard InChI is InChI=1S/C18H15BrF3N5O/c19-13-8-12(18(20,21)22)3-4-14(13)25-16-9-15(11-2-1-5-23-10-11)26-17(27-16)24-6-7-28/h1-5,8-10,28H,6-7H2,(H2,24,25,26,27). The molecule has 1 aromatic carbocycles. The zero-order valence-electron chi connectivity index (χ0n) is 14.3. The summed E-state index contributed by atoms with van der Waals surface area (Å²) >= 11 is 3.16. The third-order valence-corrected chi connectivity index (χ3v) is 4.29. The lowest BCUT2D eigenvalue weighted by molar-refractivity contribution is -0.137. The number of anilines is 3. The Labute approximate surface area is 167 Å². The third kappa shape index (κ3) is 4.96. The molecule has 10 heteroatoms. The van der Waals surface area contributed by atoms with Crippen molar-refractivity contribution in [2.24, 2.45) is 0 Å². The van der Waals surface area contributed by atoms with E-state index in [0.29, 0.717) is 17.2 Å². The fourth-order valence-corrected chi connectivity index (χ4v) is 2.83. The largest absolute Gasteiger partial charge is 0.416 e. The van der Waals surface area contributed by atoms with Crippen molar-refractivity contribution in [3.05, 3.63) is 58.8 Å². The van der Waals surface area contributed by atoms with Crippen molar-refractivity contribution in [1.82, 2.24) is 15.0 Å². The van der Waals surface area contributed by atoms with Crippen molar-refractivity contribution in [3.8, 4) is 11.3 Å². The van der Waals surface area contributed by atoms with E-state index in [1.165, 1.54) is 6.07 Å². The molecule has 0 aliphatic heterocycles. The molecule has 0 aliphatic rings. The zero-order chi connectivity index (χ0) is 20.1. The summed E-state index contributed by atoms with van der Waals surface area (Å²) in [5.74, 6) is 0.635. The average molecular weight is 454 g/mol. The number of rotatable bonds is 6. The van der Waals surface area contributed by atoms with Crippen LogP contribution in [0.4, 0.5) is 30.6 Å². The number of pyridine rings is 1. The summed E-state index contributed by atoms with van der Waals surface area (Å²) in [5, 5.41) is 14.9. The highest BCUT2D eigenvalue weighted by molar-refractivity contribution is 9.10. The van der Waals surface area contributed by atoms with E-state index in [-0.39, 0.29) is 23.6 Å². The number of aliphatic hydroxyl groups is 1. The summed E-state index contributed by atoms with van der Waals surface area (Å²) in [7, 11) is 0. The average Bonchev–Trinajstić information content (AvgIpc) is 2.67. The summed E-state index contributed by atoms with van der Waals surface area (Å²) in [5.41, 5.74) is 0.964. The van der Waals surface area contributed by atoms with Crippen LogP contribution < -0.4 is 10.6 Å². The van der Waals surface area contributed by atoms with Gasteiger partial charge in [0.15, 0.2) is 0 Å². The highest BCUT2D eigenvalue weighted by Gasteiger charge is 2.30. The highest BCUT2D eigenvalue weighted by atomic mass is 79.9. The van der Waals surface area contributed by atoms with E-state index in [1.54, 1.807) is 24.5 Å². The number of nitrogens with zero attached hydrogens (tertiary/aromatic N) is 3. The molecule has 3 aromatic rings. The SMILES string of the molecule is OCCNc1nc(Nc2ccc(C(F)(F)F)cc2Br)cc(-c2cccnc2)n1. The molecule has 146 valence electrons. The molecule has 0 saturated heterocycles. The number of nitrogens with one attached hydrogen (secondary N) is 2. The molecule has 0 radical (unpaired) electrons. The van der Waals surface area contributed by atoms with Crippen molar-refractivity contribution in [1.29, 1.82) is 0 Å². The summed E-state index contributed by atoms with van der Waals surface area (Å²) in [6.45, 7) is 0.146. The van der Waals surface area contributed by atoms with Gasteiger partial charge in [-0.25, -0.2) is 4.98 Å². The van der Waals surface area contributed by atoms with Crippen LogP contribution in [0, 0.1) is 0 Å². The first-order chi connectivity index (χ1) is 13.4. The van der Waals surface area contributed by atoms with Gasteiger partial charge in [0, 0.05) is 35.0 Å². The minimum Gasteiger partial charge on any atom is -0.395 e. The maximum absolute atomic E-state index is 12.8. The first-order valence-corrected chi connectivity index (χ1v) is 8.94. The molecule has 0 bridgehead atoms. The molecule has 0 unspecified atom stereocenters. The van der Waals surface area contributed by atoms with Crippen LogP contribution >= 0.6 is 15.9 Å². The van der Waals surface area contributed by atoms with Crippen LogP contribution in [-0.4, -0.2) is 33.2 Å². The second-order valence-electron chi connectivity index (χ2n) is 5.67. The molecular formula is C18H15BrF3N5O. The van der Waals surface area contributed by atoms with Crippen LogP contribution in [-0.2, 0) is 6.18 Å². The van der Waals surface area contributed by atoms with Crippen molar-refractivity contribution in [2.75, 3.05) is 23.8 Å². The summed E-state index contributed by atoms with van der Waals surface area (Å²) in [6, 6.07) is 8.54. The van der Waals surface area contributed by atoms with Gasteiger partial charge in [-0.3, -0.25) is 4.98 Å². The number of hydrogen-bond acceptors (Lipinski definition) is 6. The Morgan fingerprint density at radius 1 is 1.11 bits per heavy atom. The minimum absolute atomic E-state index is 0.103. The molecule has 0 spiro atoms. The lowest BCUT2D eigenvalue weighted by Crippen LogP contribution is -2.10. The van der Waals surface area contributed by atoms with Gasteiger partial charge in [-0.2, -0.15) is 18.2 Å². The number of hydrogen-bond donors (Lipinski definition) is 3. The van der Waals surface area contributed by atoms with Crippen LogP contribution in [0.3, 0.4) is 0 Å². The van der Waals surface area contributed by atoms with Gasteiger partial charge in [0.05, 0.1) is 23.6 Å². The van der Waals surface area contributed by atoms with Gasteiger partial charge >= 0.3 is 6.18 Å². The van der Waals surface area contributed by atoms with Gasteiger partial charge < -0.3 is 15.7 Å². The third-order valence-electron chi connectivity index (χ3n) is 3.64. The van der Waals surface area contributed by atoms with Crippen LogP contribution in [0.25, 0.3) is 11.3 Å². The van der Waals surface area contributed by atoms with E-state index in [4.69, 9.17) is 5.11 Å². The van der Waals surface area contributed by atoms with Gasteiger partial charge in [-0.15, -0.1) is 0 Å². The van der Waals surface area contributed by atoms with Gasteiger partial charge in [-0.05, 0) is 46.3 Å². The highest BCUT2D eigenvalue weighted by Crippen LogP contribution is 2.35. The van der Waals surface area contributed by atoms with E-state index in [0.717, 1.165) is 17.7 Å². The normalized spacial score (nSPS) is 11.3. The molecule has 3 N–H and O–H groups in total. The van der Waals surface area contributed by atoms with Crippen LogP contribution in [0.1, 0.15) is 5.56 Å². The number of halogens is 4. The second-order valence-corrected chi connectivity index (χ2v) is 6.53. The van der Waals surface area contributed by atoms with Gasteiger partial charge in [-0.1, -0.05) is 0 Å². The molecule has 28 heavy (non-hydrogen) atoms. The first-order valence-electron chi connectivity index (χ1n) is 8.15. The predicted molar refractivity (Wildman–Crippen MR) is 103 cm³/mol. The Hall–Kier alpha value is -2.72. The molecule has 2 heterocycles. The molecule has 0 aliphatic carbocycles. The molecule has 2 aromatic heterocycles. The number of aromatic nitrogens is 3. The Bertz CT molecular complexity index is 954. The Kier molecular flexibility index (Phi) is 6.10. The number of benzene rings is 1. The predicted octanol–water partition coefficient (Wildman–Crippen LogP) is 4.47. The van der Waals surface area contributed by atoms with E-state index in [1.807, 2.05) is 6.07 Å². The van der Waals surface area contributed by atoms with Gasteiger partial charge in [0.2, 0.25) is 5.95 Å². The van der Waals surface area contributed by atoms with Crippen molar-refractivity contribution in [2.45, 2.75) is 6.18 Å². The van der Waals surface area contributed by atoms with E-state index >= 15 is 0 Å². The fourth-order valence-electron chi connectivity index (χ4n) is 2.35. The molecule has 0 amide bonds. The Morgan fingerprint density at radius 3 is 2.57 bits per heavy atom. The van der Waals surface area contributed by atoms with E-state index in [2.05, 4.69) is 41.5 Å². The Morgan fingerprint density at radius 2 is 1.93 bits per heavy atom. The maximum atomic E-state index is 12.8. The topological polar surface area (TPSA) is 83.0 Å².